The van der Waals surface area contributed by atoms with Gasteiger partial charge in [0.1, 0.15) is 0 Å². The summed E-state index contributed by atoms with van der Waals surface area (Å²) < 4.78 is 22.9. The van der Waals surface area contributed by atoms with Crippen LogP contribution in [0, 0.1) is 0 Å². The molecule has 0 aliphatic carbocycles. The Balaban J connectivity index is 2.04. The predicted octanol–water partition coefficient (Wildman–Crippen LogP) is -0.795. The molecule has 0 saturated carbocycles. The second-order valence-corrected chi connectivity index (χ2v) is 6.62. The summed E-state index contributed by atoms with van der Waals surface area (Å²) in [5.74, 6) is 0.352. The Morgan fingerprint density at radius 3 is 2.38 bits per heavy atom. The van der Waals surface area contributed by atoms with Gasteiger partial charge in [0.05, 0.1) is 11.0 Å². The van der Waals surface area contributed by atoms with E-state index in [0.29, 0.717) is 5.75 Å². The molecule has 2 rings (SSSR count). The minimum absolute atomic E-state index is 0.194. The lowest BCUT2D eigenvalue weighted by Gasteiger charge is -2.42. The van der Waals surface area contributed by atoms with E-state index < -0.39 is 9.84 Å². The summed E-state index contributed by atoms with van der Waals surface area (Å²) in [4.78, 5) is 2.19. The van der Waals surface area contributed by atoms with Gasteiger partial charge in [0, 0.05) is 25.2 Å². The Hall–Kier alpha value is -0.130. The molecule has 0 amide bonds. The Kier molecular flexibility index (Phi) is 2.13. The highest BCUT2D eigenvalue weighted by Gasteiger charge is 2.43. The quantitative estimate of drug-likeness (QED) is 0.607. The maximum absolute atomic E-state index is 11.4. The van der Waals surface area contributed by atoms with Crippen molar-refractivity contribution in [3.63, 3.8) is 0 Å². The molecule has 2 aliphatic heterocycles. The maximum atomic E-state index is 11.4. The minimum Gasteiger partial charge on any atom is -0.325 e. The first-order valence-electron chi connectivity index (χ1n) is 4.72. The van der Waals surface area contributed by atoms with E-state index in [9.17, 15) is 8.42 Å². The number of rotatable bonds is 1. The average Bonchev–Trinajstić information content (AvgIpc) is 2.23. The van der Waals surface area contributed by atoms with E-state index >= 15 is 0 Å². The number of nitrogens with two attached hydrogens (primary N) is 1. The third-order valence-corrected chi connectivity index (χ3v) is 5.47. The van der Waals surface area contributed by atoms with E-state index in [1.54, 1.807) is 0 Å². The molecule has 13 heavy (non-hydrogen) atoms. The van der Waals surface area contributed by atoms with Gasteiger partial charge in [-0.05, 0) is 13.3 Å². The molecule has 2 aliphatic rings. The van der Waals surface area contributed by atoms with Crippen LogP contribution in [-0.4, -0.2) is 49.5 Å². The summed E-state index contributed by atoms with van der Waals surface area (Å²) in [6.07, 6.45) is 0.788. The zero-order valence-corrected chi connectivity index (χ0v) is 8.63. The van der Waals surface area contributed by atoms with E-state index in [-0.39, 0.29) is 17.3 Å². The number of likely N-dealkylation sites (tertiary alicyclic amines) is 1. The van der Waals surface area contributed by atoms with Gasteiger partial charge >= 0.3 is 0 Å². The van der Waals surface area contributed by atoms with Gasteiger partial charge < -0.3 is 5.73 Å². The van der Waals surface area contributed by atoms with Gasteiger partial charge in [0.15, 0.2) is 9.84 Å². The van der Waals surface area contributed by atoms with E-state index in [4.69, 9.17) is 5.73 Å². The first-order valence-corrected chi connectivity index (χ1v) is 6.43. The summed E-state index contributed by atoms with van der Waals surface area (Å²) >= 11 is 0. The fourth-order valence-corrected chi connectivity index (χ4v) is 3.97. The van der Waals surface area contributed by atoms with E-state index in [1.165, 1.54) is 0 Å². The van der Waals surface area contributed by atoms with Crippen molar-refractivity contribution in [1.29, 1.82) is 0 Å². The highest BCUT2D eigenvalue weighted by Crippen LogP contribution is 2.27. The van der Waals surface area contributed by atoms with Crippen LogP contribution >= 0.6 is 0 Å². The summed E-state index contributed by atoms with van der Waals surface area (Å²) in [6, 6.07) is 0.486. The third-order valence-electron chi connectivity index (χ3n) is 3.21. The molecule has 0 spiro atoms. The van der Waals surface area contributed by atoms with Crippen molar-refractivity contribution in [2.75, 3.05) is 18.8 Å². The fraction of sp³-hybridized carbons (Fsp3) is 1.00. The van der Waals surface area contributed by atoms with Crippen LogP contribution in [0.2, 0.25) is 0 Å². The molecular weight excluding hydrogens is 188 g/mol. The highest BCUT2D eigenvalue weighted by atomic mass is 32.2. The number of nitrogens with zero attached hydrogens (tertiary/aromatic N) is 1. The van der Waals surface area contributed by atoms with Gasteiger partial charge in [-0.15, -0.1) is 0 Å². The Labute approximate surface area is 79.0 Å². The number of hydrogen-bond donors (Lipinski definition) is 1. The molecular formula is C8H16N2O2S. The summed E-state index contributed by atoms with van der Waals surface area (Å²) in [5, 5.41) is -0.194. The summed E-state index contributed by atoms with van der Waals surface area (Å²) in [7, 11) is -2.80. The van der Waals surface area contributed by atoms with Crippen LogP contribution in [0.5, 0.6) is 0 Å². The fourth-order valence-electron chi connectivity index (χ4n) is 2.24. The van der Waals surface area contributed by atoms with Crippen LogP contribution in [0.3, 0.4) is 0 Å². The Morgan fingerprint density at radius 1 is 1.38 bits per heavy atom. The largest absolute Gasteiger partial charge is 0.325 e. The van der Waals surface area contributed by atoms with Crippen molar-refractivity contribution in [1.82, 2.24) is 4.90 Å². The molecule has 0 bridgehead atoms. The van der Waals surface area contributed by atoms with E-state index in [0.717, 1.165) is 19.5 Å². The molecule has 5 heteroatoms. The molecule has 0 aromatic carbocycles. The second kappa shape index (κ2) is 2.93. The van der Waals surface area contributed by atoms with Crippen molar-refractivity contribution >= 4 is 9.84 Å². The molecule has 4 nitrogen and oxygen atoms in total. The van der Waals surface area contributed by atoms with Gasteiger partial charge in [-0.2, -0.15) is 0 Å². The molecule has 2 unspecified atom stereocenters. The van der Waals surface area contributed by atoms with Crippen LogP contribution < -0.4 is 5.73 Å². The normalized spacial score (nSPS) is 40.5. The Morgan fingerprint density at radius 2 is 2.00 bits per heavy atom. The first-order chi connectivity index (χ1) is 6.00. The molecule has 2 N–H and O–H groups in total. The Bertz CT molecular complexity index is 295. The van der Waals surface area contributed by atoms with Gasteiger partial charge in [0.2, 0.25) is 0 Å². The molecule has 0 radical (unpaired) electrons. The van der Waals surface area contributed by atoms with Crippen LogP contribution in [0.15, 0.2) is 0 Å². The van der Waals surface area contributed by atoms with Crippen molar-refractivity contribution in [3.8, 4) is 0 Å². The standard InChI is InChI=1S/C8H16N2O2S/c1-6-8(2-3-13(6,11)12)10-4-7(9)5-10/h6-8H,2-5,9H2,1H3. The molecule has 0 aromatic rings. The van der Waals surface area contributed by atoms with E-state index in [1.807, 2.05) is 6.92 Å². The third kappa shape index (κ3) is 1.49. The molecule has 0 aromatic heterocycles. The maximum Gasteiger partial charge on any atom is 0.154 e. The van der Waals surface area contributed by atoms with Crippen molar-refractivity contribution in [2.24, 2.45) is 5.73 Å². The van der Waals surface area contributed by atoms with E-state index in [2.05, 4.69) is 4.90 Å². The van der Waals surface area contributed by atoms with Gasteiger partial charge in [-0.25, -0.2) is 8.42 Å². The van der Waals surface area contributed by atoms with Gasteiger partial charge in [-0.1, -0.05) is 0 Å². The van der Waals surface area contributed by atoms with Crippen LogP contribution in [0.4, 0.5) is 0 Å². The lowest BCUT2D eigenvalue weighted by molar-refractivity contribution is 0.0954. The molecule has 2 fully saturated rings. The minimum atomic E-state index is -2.80. The zero-order valence-electron chi connectivity index (χ0n) is 7.81. The summed E-state index contributed by atoms with van der Waals surface area (Å²) in [5.41, 5.74) is 5.66. The highest BCUT2D eigenvalue weighted by molar-refractivity contribution is 7.92. The first kappa shape index (κ1) is 9.43. The molecule has 2 saturated heterocycles. The van der Waals surface area contributed by atoms with Crippen molar-refractivity contribution in [3.05, 3.63) is 0 Å². The van der Waals surface area contributed by atoms with Crippen LogP contribution in [0.1, 0.15) is 13.3 Å². The van der Waals surface area contributed by atoms with Gasteiger partial charge in [-0.3, -0.25) is 4.90 Å². The number of sulfone groups is 1. The SMILES string of the molecule is CC1C(N2CC(N)C2)CCS1(=O)=O. The zero-order chi connectivity index (χ0) is 9.64. The summed E-state index contributed by atoms with van der Waals surface area (Å²) in [6.45, 7) is 3.55. The van der Waals surface area contributed by atoms with Gasteiger partial charge in [0.25, 0.3) is 0 Å². The smallest absolute Gasteiger partial charge is 0.154 e. The predicted molar refractivity (Wildman–Crippen MR) is 51.2 cm³/mol. The van der Waals surface area contributed by atoms with Crippen molar-refractivity contribution in [2.45, 2.75) is 30.7 Å². The van der Waals surface area contributed by atoms with Crippen molar-refractivity contribution < 1.29 is 8.42 Å². The lowest BCUT2D eigenvalue weighted by Crippen LogP contribution is -2.60. The molecule has 2 atom stereocenters. The topological polar surface area (TPSA) is 63.4 Å². The lowest BCUT2D eigenvalue weighted by atomic mass is 10.0. The number of hydrogen-bond acceptors (Lipinski definition) is 4. The molecule has 76 valence electrons. The van der Waals surface area contributed by atoms with Crippen LogP contribution in [0.25, 0.3) is 0 Å². The second-order valence-electron chi connectivity index (χ2n) is 4.14. The van der Waals surface area contributed by atoms with Crippen LogP contribution in [-0.2, 0) is 9.84 Å². The molecule has 2 heterocycles. The average molecular weight is 204 g/mol. The monoisotopic (exact) mass is 204 g/mol.